The molecule has 0 atom stereocenters. The van der Waals surface area contributed by atoms with Crippen molar-refractivity contribution in [1.82, 2.24) is 9.88 Å². The molecule has 1 amide bonds. The van der Waals surface area contributed by atoms with Gasteiger partial charge in [-0.15, -0.1) is 0 Å². The summed E-state index contributed by atoms with van der Waals surface area (Å²) in [6.07, 6.45) is 1.62. The number of anilines is 2. The highest BCUT2D eigenvalue weighted by Crippen LogP contribution is 2.31. The van der Waals surface area contributed by atoms with Crippen molar-refractivity contribution in [1.29, 1.82) is 0 Å². The molecule has 3 rings (SSSR count). The van der Waals surface area contributed by atoms with Crippen LogP contribution in [0.1, 0.15) is 16.1 Å². The second kappa shape index (κ2) is 8.90. The van der Waals surface area contributed by atoms with E-state index >= 15 is 0 Å². The average Bonchev–Trinajstić information content (AvgIpc) is 2.74. The normalized spacial score (nSPS) is 10.2. The quantitative estimate of drug-likeness (QED) is 0.671. The first kappa shape index (κ1) is 19.2. The molecular formula is C22H23N3O3. The Labute approximate surface area is 164 Å². The number of hydrogen-bond donors (Lipinski definition) is 1. The molecule has 28 heavy (non-hydrogen) atoms. The van der Waals surface area contributed by atoms with Crippen LogP contribution in [0, 0.1) is 0 Å². The minimum absolute atomic E-state index is 0.139. The average molecular weight is 377 g/mol. The first-order valence-corrected chi connectivity index (χ1v) is 8.85. The zero-order valence-electron chi connectivity index (χ0n) is 16.2. The van der Waals surface area contributed by atoms with Gasteiger partial charge in [0.15, 0.2) is 11.5 Å². The molecule has 0 aliphatic carbocycles. The monoisotopic (exact) mass is 377 g/mol. The van der Waals surface area contributed by atoms with Gasteiger partial charge in [-0.1, -0.05) is 30.3 Å². The second-order valence-corrected chi connectivity index (χ2v) is 6.27. The number of ether oxygens (including phenoxy) is 2. The van der Waals surface area contributed by atoms with Gasteiger partial charge in [-0.3, -0.25) is 9.78 Å². The van der Waals surface area contributed by atoms with Crippen LogP contribution in [0.4, 0.5) is 11.4 Å². The molecule has 0 aliphatic rings. The van der Waals surface area contributed by atoms with E-state index in [9.17, 15) is 4.79 Å². The molecule has 1 N–H and O–H groups in total. The lowest BCUT2D eigenvalue weighted by atomic mass is 10.2. The fourth-order valence-electron chi connectivity index (χ4n) is 2.83. The first-order chi connectivity index (χ1) is 13.6. The van der Waals surface area contributed by atoms with Gasteiger partial charge >= 0.3 is 0 Å². The first-order valence-electron chi connectivity index (χ1n) is 8.85. The molecule has 1 aromatic heterocycles. The molecular weight excluding hydrogens is 354 g/mol. The number of benzene rings is 2. The molecule has 0 saturated heterocycles. The zero-order valence-corrected chi connectivity index (χ0v) is 16.2. The lowest BCUT2D eigenvalue weighted by molar-refractivity contribution is 0.0779. The molecule has 0 bridgehead atoms. The van der Waals surface area contributed by atoms with Crippen LogP contribution < -0.4 is 14.8 Å². The smallest absolute Gasteiger partial charge is 0.272 e. The van der Waals surface area contributed by atoms with Gasteiger partial charge in [-0.2, -0.15) is 0 Å². The van der Waals surface area contributed by atoms with Crippen molar-refractivity contribution >= 4 is 17.3 Å². The van der Waals surface area contributed by atoms with Gasteiger partial charge in [-0.25, -0.2) is 0 Å². The number of amides is 1. The van der Waals surface area contributed by atoms with Crippen molar-refractivity contribution in [2.24, 2.45) is 0 Å². The van der Waals surface area contributed by atoms with Crippen LogP contribution in [0.2, 0.25) is 0 Å². The summed E-state index contributed by atoms with van der Waals surface area (Å²) in [6, 6.07) is 18.9. The van der Waals surface area contributed by atoms with Crippen molar-refractivity contribution in [3.63, 3.8) is 0 Å². The van der Waals surface area contributed by atoms with E-state index in [4.69, 9.17) is 9.47 Å². The Morgan fingerprint density at radius 1 is 0.964 bits per heavy atom. The molecule has 144 valence electrons. The molecule has 0 saturated carbocycles. The number of nitrogens with zero attached hydrogens (tertiary/aromatic N) is 2. The highest BCUT2D eigenvalue weighted by molar-refractivity contribution is 5.93. The number of methoxy groups -OCH3 is 2. The standard InChI is InChI=1S/C22H23N3O3/c1-25(15-16-7-5-4-6-8-16)22(26)19-13-18(11-12-23-19)24-17-9-10-20(27-2)21(14-17)28-3/h4-14H,15H2,1-3H3,(H,23,24). The van der Waals surface area contributed by atoms with E-state index in [0.717, 1.165) is 16.9 Å². The topological polar surface area (TPSA) is 63.7 Å². The van der Waals surface area contributed by atoms with Crippen LogP contribution in [0.5, 0.6) is 11.5 Å². The molecule has 0 spiro atoms. The maximum Gasteiger partial charge on any atom is 0.272 e. The van der Waals surface area contributed by atoms with Gasteiger partial charge in [0.25, 0.3) is 5.91 Å². The molecule has 0 fully saturated rings. The van der Waals surface area contributed by atoms with Crippen molar-refractivity contribution in [3.8, 4) is 11.5 Å². The fraction of sp³-hybridized carbons (Fsp3) is 0.182. The van der Waals surface area contributed by atoms with Crippen molar-refractivity contribution in [2.75, 3.05) is 26.6 Å². The van der Waals surface area contributed by atoms with E-state index in [2.05, 4.69) is 10.3 Å². The minimum Gasteiger partial charge on any atom is -0.493 e. The maximum atomic E-state index is 12.7. The number of aromatic nitrogens is 1. The number of nitrogens with one attached hydrogen (secondary N) is 1. The number of carbonyl (C=O) groups is 1. The Hall–Kier alpha value is -3.54. The zero-order chi connectivity index (χ0) is 19.9. The predicted molar refractivity (Wildman–Crippen MR) is 109 cm³/mol. The van der Waals surface area contributed by atoms with Gasteiger partial charge in [0.05, 0.1) is 14.2 Å². The lowest BCUT2D eigenvalue weighted by Crippen LogP contribution is -2.27. The van der Waals surface area contributed by atoms with Gasteiger partial charge < -0.3 is 19.7 Å². The van der Waals surface area contributed by atoms with Crippen LogP contribution in [-0.4, -0.2) is 37.1 Å². The third-order valence-corrected chi connectivity index (χ3v) is 4.26. The molecule has 3 aromatic rings. The summed E-state index contributed by atoms with van der Waals surface area (Å²) >= 11 is 0. The van der Waals surface area contributed by atoms with Crippen molar-refractivity contribution < 1.29 is 14.3 Å². The van der Waals surface area contributed by atoms with Crippen molar-refractivity contribution in [2.45, 2.75) is 6.54 Å². The minimum atomic E-state index is -0.139. The third-order valence-electron chi connectivity index (χ3n) is 4.26. The van der Waals surface area contributed by atoms with Crippen LogP contribution in [0.25, 0.3) is 0 Å². The Morgan fingerprint density at radius 3 is 2.39 bits per heavy atom. The van der Waals surface area contributed by atoms with Gasteiger partial charge in [0, 0.05) is 37.2 Å². The third kappa shape index (κ3) is 4.59. The largest absolute Gasteiger partial charge is 0.493 e. The Morgan fingerprint density at radius 2 is 1.68 bits per heavy atom. The predicted octanol–water partition coefficient (Wildman–Crippen LogP) is 4.11. The lowest BCUT2D eigenvalue weighted by Gasteiger charge is -2.17. The second-order valence-electron chi connectivity index (χ2n) is 6.27. The van der Waals surface area contributed by atoms with Crippen LogP contribution in [0.15, 0.2) is 66.9 Å². The Balaban J connectivity index is 1.74. The Kier molecular flexibility index (Phi) is 6.11. The summed E-state index contributed by atoms with van der Waals surface area (Å²) in [5.41, 5.74) is 3.03. The van der Waals surface area contributed by atoms with E-state index in [1.807, 2.05) is 54.6 Å². The number of rotatable bonds is 7. The summed E-state index contributed by atoms with van der Waals surface area (Å²) in [7, 11) is 4.95. The van der Waals surface area contributed by atoms with E-state index in [1.165, 1.54) is 0 Å². The van der Waals surface area contributed by atoms with Gasteiger partial charge in [-0.05, 0) is 29.8 Å². The summed E-state index contributed by atoms with van der Waals surface area (Å²) in [6.45, 7) is 0.523. The number of hydrogen-bond acceptors (Lipinski definition) is 5. The van der Waals surface area contributed by atoms with E-state index in [0.29, 0.717) is 23.7 Å². The van der Waals surface area contributed by atoms with E-state index < -0.39 is 0 Å². The highest BCUT2D eigenvalue weighted by atomic mass is 16.5. The fourth-order valence-corrected chi connectivity index (χ4v) is 2.83. The molecule has 6 nitrogen and oxygen atoms in total. The van der Waals surface area contributed by atoms with E-state index in [1.54, 1.807) is 38.4 Å². The maximum absolute atomic E-state index is 12.7. The van der Waals surface area contributed by atoms with Crippen LogP contribution >= 0.6 is 0 Å². The van der Waals surface area contributed by atoms with E-state index in [-0.39, 0.29) is 5.91 Å². The van der Waals surface area contributed by atoms with Gasteiger partial charge in [0.2, 0.25) is 0 Å². The van der Waals surface area contributed by atoms with Crippen LogP contribution in [-0.2, 0) is 6.54 Å². The molecule has 0 aliphatic heterocycles. The SMILES string of the molecule is COc1ccc(Nc2ccnc(C(=O)N(C)Cc3ccccc3)c2)cc1OC. The van der Waals surface area contributed by atoms with Crippen LogP contribution in [0.3, 0.4) is 0 Å². The molecule has 1 heterocycles. The highest BCUT2D eigenvalue weighted by Gasteiger charge is 2.14. The molecule has 0 radical (unpaired) electrons. The summed E-state index contributed by atoms with van der Waals surface area (Å²) in [4.78, 5) is 18.6. The summed E-state index contributed by atoms with van der Waals surface area (Å²) < 4.78 is 10.6. The Bertz CT molecular complexity index is 945. The number of carbonyl (C=O) groups excluding carboxylic acids is 1. The number of pyridine rings is 1. The molecule has 0 unspecified atom stereocenters. The summed E-state index contributed by atoms with van der Waals surface area (Å²) in [5, 5.41) is 3.27. The van der Waals surface area contributed by atoms with Gasteiger partial charge in [0.1, 0.15) is 5.69 Å². The molecule has 6 heteroatoms. The van der Waals surface area contributed by atoms with Crippen molar-refractivity contribution in [3.05, 3.63) is 78.1 Å². The molecule has 2 aromatic carbocycles. The summed E-state index contributed by atoms with van der Waals surface area (Å²) in [5.74, 6) is 1.14.